The molecule has 0 radical (unpaired) electrons. The molecule has 26 heavy (non-hydrogen) atoms. The molecule has 1 N–H and O–H groups in total. The lowest BCUT2D eigenvalue weighted by molar-refractivity contribution is -0.131. The number of piperidine rings is 1. The normalized spacial score (nSPS) is 32.0. The van der Waals surface area contributed by atoms with E-state index in [1.807, 2.05) is 0 Å². The molecule has 2 aliphatic heterocycles. The molecule has 1 aromatic rings. The molecule has 0 aromatic heterocycles. The lowest BCUT2D eigenvalue weighted by atomic mass is 9.67. The first-order valence-corrected chi connectivity index (χ1v) is 9.93. The van der Waals surface area contributed by atoms with Crippen molar-refractivity contribution in [3.63, 3.8) is 0 Å². The van der Waals surface area contributed by atoms with E-state index < -0.39 is 0 Å². The molecule has 0 unspecified atom stereocenters. The van der Waals surface area contributed by atoms with Crippen LogP contribution >= 0.6 is 0 Å². The summed E-state index contributed by atoms with van der Waals surface area (Å²) in [6, 6.07) is 11.0. The fourth-order valence-corrected chi connectivity index (χ4v) is 5.02. The fraction of sp³-hybridized carbons (Fsp3) is 0.667. The Hall–Kier alpha value is -1.43. The molecule has 0 spiro atoms. The van der Waals surface area contributed by atoms with Gasteiger partial charge in [-0.25, -0.2) is 0 Å². The molecule has 1 aliphatic carbocycles. The van der Waals surface area contributed by atoms with Gasteiger partial charge in [0.25, 0.3) is 0 Å². The van der Waals surface area contributed by atoms with Crippen LogP contribution in [0.5, 0.6) is 0 Å². The predicted molar refractivity (Wildman–Crippen MR) is 100 cm³/mol. The number of nitrogens with one attached hydrogen (secondary N) is 1. The first-order valence-electron chi connectivity index (χ1n) is 9.93. The summed E-state index contributed by atoms with van der Waals surface area (Å²) in [4.78, 5) is 14.9. The summed E-state index contributed by atoms with van der Waals surface area (Å²) in [6.45, 7) is 3.97. The number of benzene rings is 1. The summed E-state index contributed by atoms with van der Waals surface area (Å²) in [7, 11) is 1.72. The number of ether oxygens (including phenoxy) is 2. The minimum Gasteiger partial charge on any atom is -0.384 e. The van der Waals surface area contributed by atoms with Gasteiger partial charge in [-0.15, -0.1) is 0 Å². The number of carbonyl (C=O) groups excluding carboxylic acids is 1. The van der Waals surface area contributed by atoms with Gasteiger partial charge in [-0.1, -0.05) is 30.3 Å². The topological polar surface area (TPSA) is 50.8 Å². The zero-order valence-electron chi connectivity index (χ0n) is 15.6. The Balaban J connectivity index is 1.24. The van der Waals surface area contributed by atoms with Crippen LogP contribution in [-0.4, -0.2) is 62.9 Å². The van der Waals surface area contributed by atoms with Gasteiger partial charge in [0.05, 0.1) is 19.3 Å². The molecule has 4 rings (SSSR count). The summed E-state index contributed by atoms with van der Waals surface area (Å²) in [5, 5.41) is 3.27. The molecule has 1 amide bonds. The molecule has 3 fully saturated rings. The van der Waals surface area contributed by atoms with Crippen molar-refractivity contribution in [3.8, 4) is 0 Å². The first-order chi connectivity index (χ1) is 12.8. The molecule has 5 nitrogen and oxygen atoms in total. The van der Waals surface area contributed by atoms with Gasteiger partial charge in [-0.3, -0.25) is 9.69 Å². The smallest absolute Gasteiger partial charge is 0.234 e. The molecule has 2 saturated heterocycles. The third-order valence-corrected chi connectivity index (χ3v) is 6.44. The molecule has 142 valence electrons. The van der Waals surface area contributed by atoms with Crippen LogP contribution in [-0.2, 0) is 14.3 Å². The number of amides is 1. The quantitative estimate of drug-likeness (QED) is 0.845. The Labute approximate surface area is 156 Å². The van der Waals surface area contributed by atoms with Crippen LogP contribution in [0.25, 0.3) is 0 Å². The third-order valence-electron chi connectivity index (χ3n) is 6.44. The predicted octanol–water partition coefficient (Wildman–Crippen LogP) is 2.03. The van der Waals surface area contributed by atoms with E-state index in [-0.39, 0.29) is 18.1 Å². The molecule has 0 bridgehead atoms. The van der Waals surface area contributed by atoms with E-state index in [1.165, 1.54) is 5.56 Å². The van der Waals surface area contributed by atoms with Gasteiger partial charge in [0.1, 0.15) is 0 Å². The maximum absolute atomic E-state index is 12.6. The number of likely N-dealkylation sites (tertiary alicyclic amines) is 1. The van der Waals surface area contributed by atoms with E-state index in [9.17, 15) is 4.79 Å². The van der Waals surface area contributed by atoms with Gasteiger partial charge >= 0.3 is 0 Å². The Kier molecular flexibility index (Phi) is 5.57. The van der Waals surface area contributed by atoms with Crippen LogP contribution in [0.3, 0.4) is 0 Å². The maximum Gasteiger partial charge on any atom is 0.234 e. The summed E-state index contributed by atoms with van der Waals surface area (Å²) in [6.07, 6.45) is 3.59. The van der Waals surface area contributed by atoms with Crippen molar-refractivity contribution in [2.45, 2.75) is 37.3 Å². The third kappa shape index (κ3) is 3.66. The van der Waals surface area contributed by atoms with E-state index in [2.05, 4.69) is 40.5 Å². The minimum atomic E-state index is 0.152. The van der Waals surface area contributed by atoms with Crippen molar-refractivity contribution in [2.24, 2.45) is 11.8 Å². The van der Waals surface area contributed by atoms with Crippen LogP contribution in [0.4, 0.5) is 0 Å². The molecular formula is C21H30N2O3. The van der Waals surface area contributed by atoms with E-state index in [0.29, 0.717) is 30.9 Å². The standard InChI is InChI=1S/C21H30N2O3/c1-25-14-18-20(17-9-12-26-21(17)18)22-19(24)13-23-10-7-16(8-11-23)15-5-3-2-4-6-15/h2-6,16-18,20-21H,7-14H2,1H3,(H,22,24)/t17-,18+,20-,21-/m1/s1. The van der Waals surface area contributed by atoms with Crippen molar-refractivity contribution < 1.29 is 14.3 Å². The van der Waals surface area contributed by atoms with Gasteiger partial charge in [0.15, 0.2) is 0 Å². The van der Waals surface area contributed by atoms with E-state index in [4.69, 9.17) is 9.47 Å². The lowest BCUT2D eigenvalue weighted by Crippen LogP contribution is -2.63. The minimum absolute atomic E-state index is 0.152. The molecular weight excluding hydrogens is 328 g/mol. The molecule has 4 atom stereocenters. The zero-order valence-corrected chi connectivity index (χ0v) is 15.6. The zero-order chi connectivity index (χ0) is 17.9. The lowest BCUT2D eigenvalue weighted by Gasteiger charge is -2.47. The van der Waals surface area contributed by atoms with Crippen LogP contribution in [0.15, 0.2) is 30.3 Å². The highest BCUT2D eigenvalue weighted by Crippen LogP contribution is 2.43. The number of nitrogens with zero attached hydrogens (tertiary/aromatic N) is 1. The number of hydrogen-bond acceptors (Lipinski definition) is 4. The van der Waals surface area contributed by atoms with Gasteiger partial charge in [0.2, 0.25) is 5.91 Å². The van der Waals surface area contributed by atoms with Crippen LogP contribution in [0.1, 0.15) is 30.7 Å². The van der Waals surface area contributed by atoms with Gasteiger partial charge in [-0.2, -0.15) is 0 Å². The molecule has 5 heteroatoms. The van der Waals surface area contributed by atoms with Gasteiger partial charge in [-0.05, 0) is 43.8 Å². The Morgan fingerprint density at radius 1 is 1.23 bits per heavy atom. The van der Waals surface area contributed by atoms with Crippen molar-refractivity contribution >= 4 is 5.91 Å². The Morgan fingerprint density at radius 3 is 2.73 bits per heavy atom. The summed E-state index contributed by atoms with van der Waals surface area (Å²) >= 11 is 0. The maximum atomic E-state index is 12.6. The second-order valence-electron chi connectivity index (χ2n) is 7.96. The molecule has 3 aliphatic rings. The van der Waals surface area contributed by atoms with E-state index in [0.717, 1.165) is 39.0 Å². The van der Waals surface area contributed by atoms with Crippen molar-refractivity contribution in [3.05, 3.63) is 35.9 Å². The highest BCUT2D eigenvalue weighted by molar-refractivity contribution is 5.78. The number of carbonyl (C=O) groups is 1. The van der Waals surface area contributed by atoms with Crippen molar-refractivity contribution in [1.82, 2.24) is 10.2 Å². The number of fused-ring (bicyclic) bond motifs is 1. The number of rotatable bonds is 6. The van der Waals surface area contributed by atoms with Crippen LogP contribution in [0, 0.1) is 11.8 Å². The Bertz CT molecular complexity index is 601. The first kappa shape index (κ1) is 18.0. The molecule has 1 saturated carbocycles. The van der Waals surface area contributed by atoms with Gasteiger partial charge in [0, 0.05) is 31.6 Å². The molecule has 1 aromatic carbocycles. The van der Waals surface area contributed by atoms with Gasteiger partial charge < -0.3 is 14.8 Å². The van der Waals surface area contributed by atoms with Crippen molar-refractivity contribution in [2.75, 3.05) is 40.0 Å². The SMILES string of the molecule is COC[C@H]1[C@H](NC(=O)CN2CCC(c3ccccc3)CC2)[C@H]2CCO[C@H]21. The number of hydrogen-bond donors (Lipinski definition) is 1. The van der Waals surface area contributed by atoms with Crippen LogP contribution in [0.2, 0.25) is 0 Å². The second-order valence-corrected chi connectivity index (χ2v) is 7.96. The van der Waals surface area contributed by atoms with Crippen LogP contribution < -0.4 is 5.32 Å². The summed E-state index contributed by atoms with van der Waals surface area (Å²) in [5.74, 6) is 1.56. The Morgan fingerprint density at radius 2 is 2.00 bits per heavy atom. The van der Waals surface area contributed by atoms with E-state index >= 15 is 0 Å². The largest absolute Gasteiger partial charge is 0.384 e. The summed E-state index contributed by atoms with van der Waals surface area (Å²) in [5.41, 5.74) is 1.43. The highest BCUT2D eigenvalue weighted by Gasteiger charge is 2.54. The fourth-order valence-electron chi connectivity index (χ4n) is 5.02. The highest BCUT2D eigenvalue weighted by atomic mass is 16.5. The monoisotopic (exact) mass is 358 g/mol. The second kappa shape index (κ2) is 8.07. The molecule has 2 heterocycles. The van der Waals surface area contributed by atoms with E-state index in [1.54, 1.807) is 7.11 Å². The number of methoxy groups -OCH3 is 1. The van der Waals surface area contributed by atoms with Crippen molar-refractivity contribution in [1.29, 1.82) is 0 Å². The average Bonchev–Trinajstić information content (AvgIpc) is 3.10. The summed E-state index contributed by atoms with van der Waals surface area (Å²) < 4.78 is 11.1. The average molecular weight is 358 g/mol.